The molecule has 2 heterocycles. The average Bonchev–Trinajstić information content (AvgIpc) is 3.04. The third kappa shape index (κ3) is 3.39. The standard InChI is InChI=1S/C21H20Cl3N3O/c1-26(2)11-18-20-14(13-4-3-5-16(23)19(13)25-20)8-9-27(18)21(28)12-6-7-15(22)17(24)10-12/h3-7,10,18,25H,8-9,11H2,1-2H3. The molecule has 0 aliphatic carbocycles. The van der Waals surface area contributed by atoms with E-state index in [0.717, 1.165) is 23.0 Å². The Kier molecular flexibility index (Phi) is 5.32. The quantitative estimate of drug-likeness (QED) is 0.594. The van der Waals surface area contributed by atoms with Gasteiger partial charge in [0.05, 0.1) is 26.6 Å². The van der Waals surface area contributed by atoms with E-state index in [1.807, 2.05) is 31.1 Å². The summed E-state index contributed by atoms with van der Waals surface area (Å²) in [6, 6.07) is 10.8. The number of halogens is 3. The first-order chi connectivity index (χ1) is 13.4. The number of carbonyl (C=O) groups excluding carboxylic acids is 1. The lowest BCUT2D eigenvalue weighted by Gasteiger charge is -2.37. The molecule has 146 valence electrons. The van der Waals surface area contributed by atoms with Crippen molar-refractivity contribution in [2.24, 2.45) is 0 Å². The molecule has 2 aromatic carbocycles. The van der Waals surface area contributed by atoms with Gasteiger partial charge in [-0.15, -0.1) is 0 Å². The number of rotatable bonds is 3. The lowest BCUT2D eigenvalue weighted by Crippen LogP contribution is -2.44. The number of aromatic nitrogens is 1. The molecule has 1 aliphatic rings. The van der Waals surface area contributed by atoms with Crippen molar-refractivity contribution >= 4 is 51.6 Å². The van der Waals surface area contributed by atoms with Crippen molar-refractivity contribution < 1.29 is 4.79 Å². The number of nitrogens with zero attached hydrogens (tertiary/aromatic N) is 2. The van der Waals surface area contributed by atoms with Crippen LogP contribution in [-0.4, -0.2) is 47.9 Å². The van der Waals surface area contributed by atoms with Crippen molar-refractivity contribution in [1.29, 1.82) is 0 Å². The molecule has 28 heavy (non-hydrogen) atoms. The molecule has 7 heteroatoms. The molecule has 0 bridgehead atoms. The number of nitrogens with one attached hydrogen (secondary N) is 1. The van der Waals surface area contributed by atoms with E-state index in [1.165, 1.54) is 5.56 Å². The zero-order valence-corrected chi connectivity index (χ0v) is 17.9. The highest BCUT2D eigenvalue weighted by atomic mass is 35.5. The number of carbonyl (C=O) groups is 1. The zero-order valence-electron chi connectivity index (χ0n) is 15.6. The number of aromatic amines is 1. The highest BCUT2D eigenvalue weighted by Gasteiger charge is 2.34. The van der Waals surface area contributed by atoms with E-state index in [-0.39, 0.29) is 11.9 Å². The number of benzene rings is 2. The van der Waals surface area contributed by atoms with Crippen LogP contribution in [-0.2, 0) is 6.42 Å². The summed E-state index contributed by atoms with van der Waals surface area (Å²) < 4.78 is 0. The van der Waals surface area contributed by atoms with Crippen molar-refractivity contribution in [3.63, 3.8) is 0 Å². The topological polar surface area (TPSA) is 39.3 Å². The predicted octanol–water partition coefficient (Wildman–Crippen LogP) is 5.43. The highest BCUT2D eigenvalue weighted by molar-refractivity contribution is 6.42. The Labute approximate surface area is 179 Å². The predicted molar refractivity (Wildman–Crippen MR) is 116 cm³/mol. The summed E-state index contributed by atoms with van der Waals surface area (Å²) in [6.07, 6.45) is 0.771. The van der Waals surface area contributed by atoms with Gasteiger partial charge in [0.25, 0.3) is 5.91 Å². The molecule has 0 saturated heterocycles. The lowest BCUT2D eigenvalue weighted by molar-refractivity contribution is 0.0624. The normalized spacial score (nSPS) is 16.6. The second-order valence-corrected chi connectivity index (χ2v) is 8.56. The van der Waals surface area contributed by atoms with Crippen molar-refractivity contribution in [2.75, 3.05) is 27.2 Å². The molecule has 3 aromatic rings. The molecule has 1 N–H and O–H groups in total. The van der Waals surface area contributed by atoms with Crippen molar-refractivity contribution in [3.8, 4) is 0 Å². The monoisotopic (exact) mass is 435 g/mol. The molecule has 0 radical (unpaired) electrons. The van der Waals surface area contributed by atoms with Crippen molar-refractivity contribution in [2.45, 2.75) is 12.5 Å². The van der Waals surface area contributed by atoms with Gasteiger partial charge in [-0.2, -0.15) is 0 Å². The molecule has 0 fully saturated rings. The van der Waals surface area contributed by atoms with Crippen LogP contribution in [0.5, 0.6) is 0 Å². The largest absolute Gasteiger partial charge is 0.355 e. The number of H-pyrrole nitrogens is 1. The maximum Gasteiger partial charge on any atom is 0.254 e. The molecule has 1 aromatic heterocycles. The van der Waals surface area contributed by atoms with E-state index in [9.17, 15) is 4.79 Å². The van der Waals surface area contributed by atoms with Crippen LogP contribution in [0.2, 0.25) is 15.1 Å². The Morgan fingerprint density at radius 2 is 1.93 bits per heavy atom. The van der Waals surface area contributed by atoms with Gasteiger partial charge in [-0.05, 0) is 50.3 Å². The Balaban J connectivity index is 1.78. The summed E-state index contributed by atoms with van der Waals surface area (Å²) in [6.45, 7) is 1.33. The summed E-state index contributed by atoms with van der Waals surface area (Å²) in [7, 11) is 4.01. The van der Waals surface area contributed by atoms with Gasteiger partial charge in [0.15, 0.2) is 0 Å². The molecule has 0 saturated carbocycles. The number of hydrogen-bond acceptors (Lipinski definition) is 2. The van der Waals surface area contributed by atoms with Crippen LogP contribution in [0, 0.1) is 0 Å². The van der Waals surface area contributed by atoms with Crippen LogP contribution in [0.25, 0.3) is 10.9 Å². The fourth-order valence-electron chi connectivity index (χ4n) is 3.93. The Morgan fingerprint density at radius 1 is 1.14 bits per heavy atom. The molecular weight excluding hydrogens is 417 g/mol. The number of para-hydroxylation sites is 1. The average molecular weight is 437 g/mol. The number of hydrogen-bond donors (Lipinski definition) is 1. The molecule has 4 nitrogen and oxygen atoms in total. The first kappa shape index (κ1) is 19.6. The smallest absolute Gasteiger partial charge is 0.254 e. The van der Waals surface area contributed by atoms with Crippen molar-refractivity contribution in [3.05, 3.63) is 68.3 Å². The van der Waals surface area contributed by atoms with E-state index in [4.69, 9.17) is 34.8 Å². The second kappa shape index (κ2) is 7.60. The molecule has 1 unspecified atom stereocenters. The molecule has 1 aliphatic heterocycles. The van der Waals surface area contributed by atoms with Gasteiger partial charge in [-0.1, -0.05) is 46.9 Å². The number of amides is 1. The molecule has 1 atom stereocenters. The van der Waals surface area contributed by atoms with E-state index >= 15 is 0 Å². The minimum Gasteiger partial charge on any atom is -0.355 e. The summed E-state index contributed by atoms with van der Waals surface area (Å²) in [5, 5.41) is 2.65. The maximum atomic E-state index is 13.3. The zero-order chi connectivity index (χ0) is 20.0. The Hall–Kier alpha value is -1.72. The van der Waals surface area contributed by atoms with Gasteiger partial charge in [0.1, 0.15) is 0 Å². The minimum atomic E-state index is -0.107. The second-order valence-electron chi connectivity index (χ2n) is 7.34. The van der Waals surface area contributed by atoms with Crippen LogP contribution in [0.1, 0.15) is 27.7 Å². The van der Waals surface area contributed by atoms with E-state index in [1.54, 1.807) is 18.2 Å². The summed E-state index contributed by atoms with van der Waals surface area (Å²) >= 11 is 18.6. The van der Waals surface area contributed by atoms with E-state index in [0.29, 0.717) is 33.7 Å². The first-order valence-electron chi connectivity index (χ1n) is 9.06. The van der Waals surface area contributed by atoms with Crippen molar-refractivity contribution in [1.82, 2.24) is 14.8 Å². The van der Waals surface area contributed by atoms with Crippen LogP contribution >= 0.6 is 34.8 Å². The van der Waals surface area contributed by atoms with Gasteiger partial charge < -0.3 is 14.8 Å². The Morgan fingerprint density at radius 3 is 2.64 bits per heavy atom. The molecule has 1 amide bonds. The third-order valence-electron chi connectivity index (χ3n) is 5.20. The third-order valence-corrected chi connectivity index (χ3v) is 6.26. The van der Waals surface area contributed by atoms with Crippen LogP contribution in [0.4, 0.5) is 0 Å². The summed E-state index contributed by atoms with van der Waals surface area (Å²) in [5.74, 6) is -0.0548. The van der Waals surface area contributed by atoms with Gasteiger partial charge in [0, 0.05) is 29.7 Å². The van der Waals surface area contributed by atoms with Gasteiger partial charge in [0.2, 0.25) is 0 Å². The van der Waals surface area contributed by atoms with Crippen LogP contribution in [0.15, 0.2) is 36.4 Å². The Bertz CT molecular complexity index is 1060. The first-order valence-corrected chi connectivity index (χ1v) is 10.2. The van der Waals surface area contributed by atoms with Gasteiger partial charge in [-0.25, -0.2) is 0 Å². The van der Waals surface area contributed by atoms with Gasteiger partial charge >= 0.3 is 0 Å². The summed E-state index contributed by atoms with van der Waals surface area (Å²) in [5.41, 5.74) is 3.76. The van der Waals surface area contributed by atoms with Crippen LogP contribution < -0.4 is 0 Å². The molecule has 4 rings (SSSR count). The molecular formula is C21H20Cl3N3O. The highest BCUT2D eigenvalue weighted by Crippen LogP contribution is 2.38. The maximum absolute atomic E-state index is 13.3. The summed E-state index contributed by atoms with van der Waals surface area (Å²) in [4.78, 5) is 20.8. The van der Waals surface area contributed by atoms with Crippen LogP contribution in [0.3, 0.4) is 0 Å². The molecule has 0 spiro atoms. The van der Waals surface area contributed by atoms with E-state index in [2.05, 4.69) is 16.0 Å². The SMILES string of the molecule is CN(C)CC1c2[nH]c3c(Cl)cccc3c2CCN1C(=O)c1ccc(Cl)c(Cl)c1. The minimum absolute atomic E-state index is 0.0548. The van der Waals surface area contributed by atoms with Gasteiger partial charge in [-0.3, -0.25) is 4.79 Å². The lowest BCUT2D eigenvalue weighted by atomic mass is 9.96. The number of likely N-dealkylation sites (N-methyl/N-ethyl adjacent to an activating group) is 1. The van der Waals surface area contributed by atoms with E-state index < -0.39 is 0 Å². The number of fused-ring (bicyclic) bond motifs is 3. The fraction of sp³-hybridized carbons (Fsp3) is 0.286. The fourth-order valence-corrected chi connectivity index (χ4v) is 4.45.